The van der Waals surface area contributed by atoms with E-state index < -0.39 is 0 Å². The Kier molecular flexibility index (Phi) is 5.42. The van der Waals surface area contributed by atoms with Crippen LogP contribution in [0, 0.1) is 5.92 Å². The van der Waals surface area contributed by atoms with Gasteiger partial charge in [0.05, 0.1) is 0 Å². The van der Waals surface area contributed by atoms with Crippen molar-refractivity contribution in [3.63, 3.8) is 0 Å². The molecule has 1 nitrogen and oxygen atoms in total. The molecule has 96 valence electrons. The average Bonchev–Trinajstić information content (AvgIpc) is 2.76. The molecule has 2 rings (SSSR count). The number of aliphatic hydroxyl groups is 1. The van der Waals surface area contributed by atoms with E-state index in [1.807, 2.05) is 18.2 Å². The third kappa shape index (κ3) is 3.92. The van der Waals surface area contributed by atoms with Crippen molar-refractivity contribution in [1.82, 2.24) is 0 Å². The standard InChI is InChI=1S/C14H14Br2OS/c15-12-7-13(18-9-12)6-10(8-17)5-11-3-1-2-4-14(11)16/h1-4,7,9-10,17H,5-6,8H2. The van der Waals surface area contributed by atoms with Crippen molar-refractivity contribution in [1.29, 1.82) is 0 Å². The summed E-state index contributed by atoms with van der Waals surface area (Å²) in [5.41, 5.74) is 1.26. The van der Waals surface area contributed by atoms with Crippen LogP contribution in [0.1, 0.15) is 10.4 Å². The normalized spacial score (nSPS) is 12.6. The predicted molar refractivity (Wildman–Crippen MR) is 84.1 cm³/mol. The number of hydrogen-bond acceptors (Lipinski definition) is 2. The molecule has 1 N–H and O–H groups in total. The van der Waals surface area contributed by atoms with Crippen molar-refractivity contribution < 1.29 is 5.11 Å². The quantitative estimate of drug-likeness (QED) is 0.787. The fourth-order valence-electron chi connectivity index (χ4n) is 1.92. The van der Waals surface area contributed by atoms with E-state index in [9.17, 15) is 5.11 Å². The Labute approximate surface area is 128 Å². The fraction of sp³-hybridized carbons (Fsp3) is 0.286. The first-order valence-electron chi connectivity index (χ1n) is 5.76. The van der Waals surface area contributed by atoms with Crippen molar-refractivity contribution in [2.45, 2.75) is 12.8 Å². The third-order valence-corrected chi connectivity index (χ3v) is 5.33. The number of rotatable bonds is 5. The SMILES string of the molecule is OCC(Cc1cc(Br)cs1)Cc1ccccc1Br. The van der Waals surface area contributed by atoms with Gasteiger partial charge in [-0.05, 0) is 52.4 Å². The molecule has 0 aliphatic heterocycles. The van der Waals surface area contributed by atoms with Crippen LogP contribution in [-0.4, -0.2) is 11.7 Å². The lowest BCUT2D eigenvalue weighted by molar-refractivity contribution is 0.225. The van der Waals surface area contributed by atoms with Gasteiger partial charge in [0.15, 0.2) is 0 Å². The van der Waals surface area contributed by atoms with Crippen LogP contribution < -0.4 is 0 Å². The Morgan fingerprint density at radius 2 is 1.94 bits per heavy atom. The van der Waals surface area contributed by atoms with E-state index in [-0.39, 0.29) is 12.5 Å². The summed E-state index contributed by atoms with van der Waals surface area (Å²) in [4.78, 5) is 1.31. The molecule has 1 aromatic carbocycles. The number of hydrogen-bond donors (Lipinski definition) is 1. The van der Waals surface area contributed by atoms with Gasteiger partial charge in [0.25, 0.3) is 0 Å². The summed E-state index contributed by atoms with van der Waals surface area (Å²) in [6, 6.07) is 10.3. The second kappa shape index (κ2) is 6.85. The van der Waals surface area contributed by atoms with E-state index in [4.69, 9.17) is 0 Å². The molecule has 1 heterocycles. The highest BCUT2D eigenvalue weighted by Crippen LogP contribution is 2.25. The first-order chi connectivity index (χ1) is 8.69. The van der Waals surface area contributed by atoms with Gasteiger partial charge in [0.2, 0.25) is 0 Å². The van der Waals surface area contributed by atoms with Crippen LogP contribution in [-0.2, 0) is 12.8 Å². The smallest absolute Gasteiger partial charge is 0.0465 e. The van der Waals surface area contributed by atoms with E-state index in [1.54, 1.807) is 11.3 Å². The average molecular weight is 390 g/mol. The summed E-state index contributed by atoms with van der Waals surface area (Å²) in [5, 5.41) is 11.6. The Balaban J connectivity index is 2.04. The zero-order chi connectivity index (χ0) is 13.0. The van der Waals surface area contributed by atoms with Gasteiger partial charge in [-0.15, -0.1) is 11.3 Å². The number of halogens is 2. The maximum atomic E-state index is 9.52. The van der Waals surface area contributed by atoms with Crippen LogP contribution in [0.5, 0.6) is 0 Å². The minimum Gasteiger partial charge on any atom is -0.396 e. The molecule has 1 unspecified atom stereocenters. The van der Waals surface area contributed by atoms with Gasteiger partial charge >= 0.3 is 0 Å². The molecule has 1 aromatic heterocycles. The van der Waals surface area contributed by atoms with Crippen molar-refractivity contribution >= 4 is 43.2 Å². The molecule has 0 aliphatic rings. The van der Waals surface area contributed by atoms with Crippen LogP contribution in [0.15, 0.2) is 44.7 Å². The summed E-state index contributed by atoms with van der Waals surface area (Å²) >= 11 is 8.76. The first kappa shape index (κ1) is 14.3. The van der Waals surface area contributed by atoms with E-state index >= 15 is 0 Å². The zero-order valence-electron chi connectivity index (χ0n) is 9.77. The lowest BCUT2D eigenvalue weighted by Gasteiger charge is -2.14. The third-order valence-electron chi connectivity index (χ3n) is 2.84. The zero-order valence-corrected chi connectivity index (χ0v) is 13.8. The Bertz CT molecular complexity index is 510. The lowest BCUT2D eigenvalue weighted by atomic mass is 9.96. The molecule has 2 aromatic rings. The van der Waals surface area contributed by atoms with E-state index in [0.29, 0.717) is 0 Å². The number of thiophene rings is 1. The summed E-state index contributed by atoms with van der Waals surface area (Å²) < 4.78 is 2.25. The molecule has 0 bridgehead atoms. The second-order valence-electron chi connectivity index (χ2n) is 4.28. The van der Waals surface area contributed by atoms with E-state index in [1.165, 1.54) is 10.4 Å². The minimum absolute atomic E-state index is 0.219. The maximum absolute atomic E-state index is 9.52. The van der Waals surface area contributed by atoms with Crippen LogP contribution in [0.2, 0.25) is 0 Å². The highest BCUT2D eigenvalue weighted by atomic mass is 79.9. The topological polar surface area (TPSA) is 20.2 Å². The Morgan fingerprint density at radius 3 is 2.56 bits per heavy atom. The van der Waals surface area contributed by atoms with Gasteiger partial charge in [-0.2, -0.15) is 0 Å². The lowest BCUT2D eigenvalue weighted by Crippen LogP contribution is -2.12. The van der Waals surface area contributed by atoms with Crippen molar-refractivity contribution in [2.75, 3.05) is 6.61 Å². The summed E-state index contributed by atoms with van der Waals surface area (Å²) in [6.45, 7) is 0.219. The largest absolute Gasteiger partial charge is 0.396 e. The van der Waals surface area contributed by atoms with Crippen LogP contribution in [0.3, 0.4) is 0 Å². The van der Waals surface area contributed by atoms with Gasteiger partial charge in [0.1, 0.15) is 0 Å². The predicted octanol–water partition coefficient (Wildman–Crippen LogP) is 4.67. The minimum atomic E-state index is 0.219. The van der Waals surface area contributed by atoms with Crippen LogP contribution in [0.25, 0.3) is 0 Å². The van der Waals surface area contributed by atoms with E-state index in [0.717, 1.165) is 21.8 Å². The van der Waals surface area contributed by atoms with Crippen LogP contribution in [0.4, 0.5) is 0 Å². The second-order valence-corrected chi connectivity index (χ2v) is 7.05. The number of benzene rings is 1. The first-order valence-corrected chi connectivity index (χ1v) is 8.22. The van der Waals surface area contributed by atoms with Crippen molar-refractivity contribution in [3.05, 3.63) is 55.1 Å². The Morgan fingerprint density at radius 1 is 1.17 bits per heavy atom. The highest BCUT2D eigenvalue weighted by Gasteiger charge is 2.12. The molecule has 4 heteroatoms. The van der Waals surface area contributed by atoms with Gasteiger partial charge in [-0.1, -0.05) is 34.1 Å². The summed E-state index contributed by atoms with van der Waals surface area (Å²) in [7, 11) is 0. The molecule has 0 radical (unpaired) electrons. The molecular formula is C14H14Br2OS. The van der Waals surface area contributed by atoms with Gasteiger partial charge in [-0.25, -0.2) is 0 Å². The molecule has 0 amide bonds. The number of aliphatic hydroxyl groups excluding tert-OH is 1. The van der Waals surface area contributed by atoms with Crippen molar-refractivity contribution in [3.8, 4) is 0 Å². The molecule has 0 fully saturated rings. The Hall–Kier alpha value is -0.160. The monoisotopic (exact) mass is 388 g/mol. The van der Waals surface area contributed by atoms with Gasteiger partial charge < -0.3 is 5.11 Å². The van der Waals surface area contributed by atoms with Crippen molar-refractivity contribution in [2.24, 2.45) is 5.92 Å². The van der Waals surface area contributed by atoms with Gasteiger partial charge in [0, 0.05) is 25.8 Å². The summed E-state index contributed by atoms with van der Waals surface area (Å²) in [5.74, 6) is 0.272. The van der Waals surface area contributed by atoms with E-state index in [2.05, 4.69) is 49.4 Å². The maximum Gasteiger partial charge on any atom is 0.0465 e. The molecule has 0 aliphatic carbocycles. The molecule has 18 heavy (non-hydrogen) atoms. The fourth-order valence-corrected chi connectivity index (χ4v) is 3.94. The van der Waals surface area contributed by atoms with Crippen LogP contribution >= 0.6 is 43.2 Å². The molecule has 0 saturated carbocycles. The highest BCUT2D eigenvalue weighted by molar-refractivity contribution is 9.10. The molecule has 1 atom stereocenters. The molecule has 0 saturated heterocycles. The summed E-state index contributed by atoms with van der Waals surface area (Å²) in [6.07, 6.45) is 1.82. The van der Waals surface area contributed by atoms with Gasteiger partial charge in [-0.3, -0.25) is 0 Å². The molecule has 0 spiro atoms. The molecular weight excluding hydrogens is 376 g/mol.